The third-order valence-electron chi connectivity index (χ3n) is 4.61. The molecule has 7 heteroatoms. The van der Waals surface area contributed by atoms with Gasteiger partial charge >= 0.3 is 0 Å². The number of H-pyrrole nitrogens is 1. The van der Waals surface area contributed by atoms with Crippen LogP contribution in [-0.4, -0.2) is 60.3 Å². The average molecular weight is 298 g/mol. The summed E-state index contributed by atoms with van der Waals surface area (Å²) in [5.74, 6) is 1.09. The third-order valence-corrected chi connectivity index (χ3v) is 6.38. The first-order valence-electron chi connectivity index (χ1n) is 7.20. The number of aromatic amines is 1. The molecule has 112 valence electrons. The Morgan fingerprint density at radius 3 is 2.85 bits per heavy atom. The molecule has 0 aromatic carbocycles. The van der Waals surface area contributed by atoms with E-state index in [9.17, 15) is 8.42 Å². The Hall–Kier alpha value is -0.920. The van der Waals surface area contributed by atoms with Crippen LogP contribution in [0, 0.1) is 12.8 Å². The number of piperidine rings is 2. The highest BCUT2D eigenvalue weighted by atomic mass is 32.2. The van der Waals surface area contributed by atoms with Crippen molar-refractivity contribution in [2.45, 2.75) is 37.3 Å². The number of rotatable bonds is 2. The Labute approximate surface area is 120 Å². The molecule has 2 saturated heterocycles. The van der Waals surface area contributed by atoms with Crippen LogP contribution in [0.4, 0.5) is 0 Å². The summed E-state index contributed by atoms with van der Waals surface area (Å²) in [5.41, 5.74) is 0. The second kappa shape index (κ2) is 5.13. The summed E-state index contributed by atoms with van der Waals surface area (Å²) in [7, 11) is -1.26. The number of aryl methyl sites for hydroxylation is 1. The first-order valence-corrected chi connectivity index (χ1v) is 8.64. The van der Waals surface area contributed by atoms with Crippen LogP contribution < -0.4 is 0 Å². The second-order valence-electron chi connectivity index (χ2n) is 5.93. The number of likely N-dealkylation sites (tertiary alicyclic amines) is 1. The molecule has 6 nitrogen and oxygen atoms in total. The van der Waals surface area contributed by atoms with Crippen molar-refractivity contribution in [2.75, 3.05) is 26.7 Å². The van der Waals surface area contributed by atoms with Crippen LogP contribution in [0.1, 0.15) is 25.1 Å². The van der Waals surface area contributed by atoms with E-state index < -0.39 is 10.0 Å². The van der Waals surface area contributed by atoms with Gasteiger partial charge in [0, 0.05) is 19.1 Å². The van der Waals surface area contributed by atoms with E-state index in [0.29, 0.717) is 30.9 Å². The molecule has 2 aliphatic rings. The fourth-order valence-corrected chi connectivity index (χ4v) is 4.98. The molecular weight excluding hydrogens is 276 g/mol. The Kier molecular flexibility index (Phi) is 3.60. The van der Waals surface area contributed by atoms with Crippen LogP contribution in [-0.2, 0) is 10.0 Å². The lowest BCUT2D eigenvalue weighted by Gasteiger charge is -2.45. The lowest BCUT2D eigenvalue weighted by molar-refractivity contribution is 0.0670. The van der Waals surface area contributed by atoms with E-state index >= 15 is 0 Å². The fraction of sp³-hybridized carbons (Fsp3) is 0.769. The van der Waals surface area contributed by atoms with Gasteiger partial charge in [0.05, 0.1) is 6.20 Å². The number of imidazole rings is 1. The van der Waals surface area contributed by atoms with E-state index in [-0.39, 0.29) is 5.03 Å². The van der Waals surface area contributed by atoms with E-state index in [1.807, 2.05) is 0 Å². The van der Waals surface area contributed by atoms with Gasteiger partial charge in [0.2, 0.25) is 0 Å². The van der Waals surface area contributed by atoms with Crippen LogP contribution in [0.15, 0.2) is 11.2 Å². The number of hydrogen-bond acceptors (Lipinski definition) is 4. The van der Waals surface area contributed by atoms with Crippen LogP contribution in [0.2, 0.25) is 0 Å². The highest BCUT2D eigenvalue weighted by molar-refractivity contribution is 7.89. The molecule has 3 rings (SSSR count). The van der Waals surface area contributed by atoms with Gasteiger partial charge in [0.1, 0.15) is 5.82 Å². The van der Waals surface area contributed by atoms with Crippen molar-refractivity contribution in [1.82, 2.24) is 19.2 Å². The summed E-state index contributed by atoms with van der Waals surface area (Å²) in [6, 6.07) is 0.540. The number of aromatic nitrogens is 2. The topological polar surface area (TPSA) is 69.3 Å². The maximum Gasteiger partial charge on any atom is 0.260 e. The van der Waals surface area contributed by atoms with E-state index in [1.54, 1.807) is 11.2 Å². The van der Waals surface area contributed by atoms with Crippen molar-refractivity contribution in [2.24, 2.45) is 5.92 Å². The average Bonchev–Trinajstić information content (AvgIpc) is 2.86. The standard InChI is InChI=1S/C13H22N4O2S/c1-10-14-8-13(15-10)20(18,19)17-7-5-12-11(9-17)4-3-6-16(12)2/h8,11-12H,3-7,9H2,1-2H3,(H,14,15). The number of hydrogen-bond donors (Lipinski definition) is 1. The van der Waals surface area contributed by atoms with Crippen molar-refractivity contribution in [3.05, 3.63) is 12.0 Å². The van der Waals surface area contributed by atoms with E-state index in [0.717, 1.165) is 25.8 Å². The van der Waals surface area contributed by atoms with Gasteiger partial charge in [-0.05, 0) is 45.7 Å². The van der Waals surface area contributed by atoms with Crippen molar-refractivity contribution in [3.63, 3.8) is 0 Å². The van der Waals surface area contributed by atoms with Crippen molar-refractivity contribution in [1.29, 1.82) is 0 Å². The minimum Gasteiger partial charge on any atom is -0.332 e. The number of nitrogens with one attached hydrogen (secondary N) is 1. The summed E-state index contributed by atoms with van der Waals surface area (Å²) in [6.07, 6.45) is 4.63. The van der Waals surface area contributed by atoms with E-state index in [4.69, 9.17) is 0 Å². The highest BCUT2D eigenvalue weighted by Gasteiger charge is 2.39. The zero-order valence-corrected chi connectivity index (χ0v) is 12.9. The maximum absolute atomic E-state index is 12.6. The summed E-state index contributed by atoms with van der Waals surface area (Å²) in [6.45, 7) is 4.14. The SMILES string of the molecule is Cc1ncc(S(=O)(=O)N2CCC3C(CCCN3C)C2)[nH]1. The zero-order chi connectivity index (χ0) is 14.3. The van der Waals surface area contributed by atoms with Crippen molar-refractivity contribution in [3.8, 4) is 0 Å². The van der Waals surface area contributed by atoms with Gasteiger partial charge in [0.15, 0.2) is 5.03 Å². The molecule has 0 aliphatic carbocycles. The lowest BCUT2D eigenvalue weighted by atomic mass is 9.85. The smallest absolute Gasteiger partial charge is 0.260 e. The van der Waals surface area contributed by atoms with Crippen LogP contribution >= 0.6 is 0 Å². The predicted octanol–water partition coefficient (Wildman–Crippen LogP) is 0.823. The Balaban J connectivity index is 1.79. The van der Waals surface area contributed by atoms with Crippen LogP contribution in [0.25, 0.3) is 0 Å². The molecule has 0 amide bonds. The van der Waals surface area contributed by atoms with Gasteiger partial charge in [-0.3, -0.25) is 0 Å². The molecule has 0 saturated carbocycles. The molecule has 2 fully saturated rings. The molecule has 1 aromatic rings. The normalized spacial score (nSPS) is 29.3. The van der Waals surface area contributed by atoms with Crippen LogP contribution in [0.5, 0.6) is 0 Å². The molecule has 1 aromatic heterocycles. The van der Waals surface area contributed by atoms with Crippen molar-refractivity contribution < 1.29 is 8.42 Å². The first kappa shape index (κ1) is 14.0. The minimum absolute atomic E-state index is 0.220. The van der Waals surface area contributed by atoms with Gasteiger partial charge < -0.3 is 9.88 Å². The molecule has 0 spiro atoms. The predicted molar refractivity (Wildman–Crippen MR) is 75.8 cm³/mol. The number of sulfonamides is 1. The molecular formula is C13H22N4O2S. The second-order valence-corrected chi connectivity index (χ2v) is 7.84. The fourth-order valence-electron chi connectivity index (χ4n) is 3.51. The summed E-state index contributed by atoms with van der Waals surface area (Å²) < 4.78 is 26.8. The molecule has 0 bridgehead atoms. The molecule has 2 atom stereocenters. The summed E-state index contributed by atoms with van der Waals surface area (Å²) in [5, 5.41) is 0.220. The molecule has 1 N–H and O–H groups in total. The number of fused-ring (bicyclic) bond motifs is 1. The third kappa shape index (κ3) is 2.38. The van der Waals surface area contributed by atoms with Gasteiger partial charge in [-0.25, -0.2) is 13.4 Å². The monoisotopic (exact) mass is 298 g/mol. The molecule has 3 heterocycles. The van der Waals surface area contributed by atoms with Gasteiger partial charge in [-0.15, -0.1) is 0 Å². The number of nitrogens with zero attached hydrogens (tertiary/aromatic N) is 3. The van der Waals surface area contributed by atoms with E-state index in [1.165, 1.54) is 6.20 Å². The van der Waals surface area contributed by atoms with E-state index in [2.05, 4.69) is 21.9 Å². The Morgan fingerprint density at radius 2 is 2.15 bits per heavy atom. The molecule has 0 radical (unpaired) electrons. The van der Waals surface area contributed by atoms with Gasteiger partial charge in [-0.2, -0.15) is 4.31 Å². The quantitative estimate of drug-likeness (QED) is 0.878. The molecule has 2 aliphatic heterocycles. The zero-order valence-electron chi connectivity index (χ0n) is 12.0. The molecule has 20 heavy (non-hydrogen) atoms. The Morgan fingerprint density at radius 1 is 1.35 bits per heavy atom. The van der Waals surface area contributed by atoms with Gasteiger partial charge in [-0.1, -0.05) is 0 Å². The lowest BCUT2D eigenvalue weighted by Crippen LogP contribution is -2.53. The molecule has 2 unspecified atom stereocenters. The maximum atomic E-state index is 12.6. The first-order chi connectivity index (χ1) is 9.48. The van der Waals surface area contributed by atoms with Crippen molar-refractivity contribution >= 4 is 10.0 Å². The summed E-state index contributed by atoms with van der Waals surface area (Å²) >= 11 is 0. The highest BCUT2D eigenvalue weighted by Crippen LogP contribution is 2.31. The largest absolute Gasteiger partial charge is 0.332 e. The van der Waals surface area contributed by atoms with Crippen LogP contribution in [0.3, 0.4) is 0 Å². The minimum atomic E-state index is -3.41. The van der Waals surface area contributed by atoms with Gasteiger partial charge in [0.25, 0.3) is 10.0 Å². The Bertz CT molecular complexity index is 583. The summed E-state index contributed by atoms with van der Waals surface area (Å²) in [4.78, 5) is 9.23.